The van der Waals surface area contributed by atoms with Crippen LogP contribution in [0.5, 0.6) is 5.75 Å². The standard InChI is InChI=1S/C12H14O/c1-2-4-11-9(3-1)7-8-12(13-11)10-5-6-10/h1-4,10,12H,5-8H2. The third-order valence-corrected chi connectivity index (χ3v) is 3.10. The molecule has 1 aromatic rings. The van der Waals surface area contributed by atoms with Crippen LogP contribution in [-0.2, 0) is 6.42 Å². The van der Waals surface area contributed by atoms with Gasteiger partial charge in [0.25, 0.3) is 0 Å². The Kier molecular flexibility index (Phi) is 1.58. The number of benzene rings is 1. The Labute approximate surface area is 78.7 Å². The van der Waals surface area contributed by atoms with Gasteiger partial charge in [0.05, 0.1) is 0 Å². The summed E-state index contributed by atoms with van der Waals surface area (Å²) in [5.74, 6) is 2.00. The largest absolute Gasteiger partial charge is 0.490 e. The molecule has 0 aromatic heterocycles. The van der Waals surface area contributed by atoms with Crippen molar-refractivity contribution in [1.82, 2.24) is 0 Å². The van der Waals surface area contributed by atoms with Crippen LogP contribution in [0.25, 0.3) is 0 Å². The van der Waals surface area contributed by atoms with Gasteiger partial charge in [-0.1, -0.05) is 18.2 Å². The normalized spacial score (nSPS) is 26.3. The first-order chi connectivity index (χ1) is 6.43. The molecule has 68 valence electrons. The maximum absolute atomic E-state index is 5.96. The molecular weight excluding hydrogens is 160 g/mol. The summed E-state index contributed by atoms with van der Waals surface area (Å²) < 4.78 is 5.96. The predicted octanol–water partition coefficient (Wildman–Crippen LogP) is 2.79. The third-order valence-electron chi connectivity index (χ3n) is 3.10. The molecule has 3 rings (SSSR count). The van der Waals surface area contributed by atoms with E-state index in [-0.39, 0.29) is 0 Å². The summed E-state index contributed by atoms with van der Waals surface area (Å²) in [6.45, 7) is 0. The molecule has 0 radical (unpaired) electrons. The van der Waals surface area contributed by atoms with Crippen LogP contribution in [0.1, 0.15) is 24.8 Å². The van der Waals surface area contributed by atoms with Gasteiger partial charge in [-0.3, -0.25) is 0 Å². The highest BCUT2D eigenvalue weighted by Crippen LogP contribution is 2.40. The van der Waals surface area contributed by atoms with Crippen LogP contribution in [0, 0.1) is 5.92 Å². The van der Waals surface area contributed by atoms with Crippen LogP contribution >= 0.6 is 0 Å². The molecule has 0 bridgehead atoms. The van der Waals surface area contributed by atoms with Gasteiger partial charge >= 0.3 is 0 Å². The van der Waals surface area contributed by atoms with Crippen LogP contribution in [-0.4, -0.2) is 6.10 Å². The Morgan fingerprint density at radius 3 is 2.77 bits per heavy atom. The summed E-state index contributed by atoms with van der Waals surface area (Å²) in [7, 11) is 0. The van der Waals surface area contributed by atoms with Gasteiger partial charge in [-0.25, -0.2) is 0 Å². The Hall–Kier alpha value is -0.980. The first kappa shape index (κ1) is 7.43. The van der Waals surface area contributed by atoms with E-state index in [2.05, 4.69) is 24.3 Å². The van der Waals surface area contributed by atoms with Gasteiger partial charge in [0.1, 0.15) is 11.9 Å². The van der Waals surface area contributed by atoms with E-state index in [1.54, 1.807) is 0 Å². The molecule has 1 aliphatic carbocycles. The molecule has 0 spiro atoms. The zero-order chi connectivity index (χ0) is 8.67. The van der Waals surface area contributed by atoms with Crippen molar-refractivity contribution in [3.05, 3.63) is 29.8 Å². The molecule has 13 heavy (non-hydrogen) atoms. The minimum absolute atomic E-state index is 0.523. The third kappa shape index (κ3) is 1.32. The second-order valence-corrected chi connectivity index (χ2v) is 4.14. The molecule has 0 saturated heterocycles. The Morgan fingerprint density at radius 1 is 1.08 bits per heavy atom. The molecule has 1 unspecified atom stereocenters. The summed E-state index contributed by atoms with van der Waals surface area (Å²) in [5, 5.41) is 0. The molecule has 1 nitrogen and oxygen atoms in total. The molecule has 1 heterocycles. The van der Waals surface area contributed by atoms with Crippen molar-refractivity contribution in [2.24, 2.45) is 5.92 Å². The molecule has 1 aliphatic heterocycles. The average Bonchev–Trinajstić information content (AvgIpc) is 3.00. The number of hydrogen-bond donors (Lipinski definition) is 0. The Morgan fingerprint density at radius 2 is 1.92 bits per heavy atom. The van der Waals surface area contributed by atoms with E-state index in [0.717, 1.165) is 11.7 Å². The van der Waals surface area contributed by atoms with E-state index < -0.39 is 0 Å². The average molecular weight is 174 g/mol. The minimum atomic E-state index is 0.523. The first-order valence-electron chi connectivity index (χ1n) is 5.18. The van der Waals surface area contributed by atoms with Crippen molar-refractivity contribution in [2.75, 3.05) is 0 Å². The number of rotatable bonds is 1. The molecule has 1 saturated carbocycles. The molecular formula is C12H14O. The lowest BCUT2D eigenvalue weighted by Gasteiger charge is -2.25. The second kappa shape index (κ2) is 2.76. The molecule has 1 fully saturated rings. The van der Waals surface area contributed by atoms with E-state index in [0.29, 0.717) is 6.10 Å². The number of aryl methyl sites for hydroxylation is 1. The van der Waals surface area contributed by atoms with Crippen molar-refractivity contribution in [1.29, 1.82) is 0 Å². The van der Waals surface area contributed by atoms with Crippen LogP contribution in [0.2, 0.25) is 0 Å². The van der Waals surface area contributed by atoms with E-state index in [1.807, 2.05) is 0 Å². The van der Waals surface area contributed by atoms with Crippen molar-refractivity contribution in [3.8, 4) is 5.75 Å². The van der Waals surface area contributed by atoms with Crippen molar-refractivity contribution < 1.29 is 4.74 Å². The van der Waals surface area contributed by atoms with E-state index in [1.165, 1.54) is 31.2 Å². The van der Waals surface area contributed by atoms with Gasteiger partial charge in [0.2, 0.25) is 0 Å². The predicted molar refractivity (Wildman–Crippen MR) is 51.9 cm³/mol. The summed E-state index contributed by atoms with van der Waals surface area (Å²) in [5.41, 5.74) is 1.39. The van der Waals surface area contributed by atoms with Gasteiger partial charge in [-0.05, 0) is 43.2 Å². The van der Waals surface area contributed by atoms with E-state index in [4.69, 9.17) is 4.74 Å². The molecule has 0 N–H and O–H groups in total. The van der Waals surface area contributed by atoms with Crippen molar-refractivity contribution in [2.45, 2.75) is 31.8 Å². The van der Waals surface area contributed by atoms with Gasteiger partial charge < -0.3 is 4.74 Å². The van der Waals surface area contributed by atoms with Gasteiger partial charge in [-0.2, -0.15) is 0 Å². The van der Waals surface area contributed by atoms with Crippen molar-refractivity contribution in [3.63, 3.8) is 0 Å². The molecule has 2 aliphatic rings. The van der Waals surface area contributed by atoms with Gasteiger partial charge in [0, 0.05) is 0 Å². The van der Waals surface area contributed by atoms with Crippen LogP contribution in [0.3, 0.4) is 0 Å². The van der Waals surface area contributed by atoms with Crippen LogP contribution in [0.15, 0.2) is 24.3 Å². The van der Waals surface area contributed by atoms with Crippen LogP contribution in [0.4, 0.5) is 0 Å². The zero-order valence-electron chi connectivity index (χ0n) is 7.70. The van der Waals surface area contributed by atoms with Gasteiger partial charge in [0.15, 0.2) is 0 Å². The summed E-state index contributed by atoms with van der Waals surface area (Å²) >= 11 is 0. The second-order valence-electron chi connectivity index (χ2n) is 4.14. The fourth-order valence-electron chi connectivity index (χ4n) is 2.15. The maximum Gasteiger partial charge on any atom is 0.122 e. The SMILES string of the molecule is c1ccc2c(c1)CCC(C1CC1)O2. The quantitative estimate of drug-likeness (QED) is 0.636. The van der Waals surface area contributed by atoms with Crippen LogP contribution < -0.4 is 4.74 Å². The Balaban J connectivity index is 1.85. The fraction of sp³-hybridized carbons (Fsp3) is 0.500. The monoisotopic (exact) mass is 174 g/mol. The van der Waals surface area contributed by atoms with E-state index >= 15 is 0 Å². The topological polar surface area (TPSA) is 9.23 Å². The maximum atomic E-state index is 5.96. The molecule has 1 atom stereocenters. The lowest BCUT2D eigenvalue weighted by atomic mass is 10.00. The van der Waals surface area contributed by atoms with E-state index in [9.17, 15) is 0 Å². The lowest BCUT2D eigenvalue weighted by molar-refractivity contribution is 0.151. The Bertz CT molecular complexity index is 315. The zero-order valence-corrected chi connectivity index (χ0v) is 7.70. The summed E-state index contributed by atoms with van der Waals surface area (Å²) in [6.07, 6.45) is 5.72. The lowest BCUT2D eigenvalue weighted by Crippen LogP contribution is -2.24. The number of fused-ring (bicyclic) bond motifs is 1. The highest BCUT2D eigenvalue weighted by molar-refractivity contribution is 5.35. The number of hydrogen-bond acceptors (Lipinski definition) is 1. The molecule has 0 amide bonds. The smallest absolute Gasteiger partial charge is 0.122 e. The van der Waals surface area contributed by atoms with Gasteiger partial charge in [-0.15, -0.1) is 0 Å². The number of para-hydroxylation sites is 1. The minimum Gasteiger partial charge on any atom is -0.490 e. The summed E-state index contributed by atoms with van der Waals surface area (Å²) in [4.78, 5) is 0. The fourth-order valence-corrected chi connectivity index (χ4v) is 2.15. The first-order valence-corrected chi connectivity index (χ1v) is 5.18. The molecule has 1 heteroatoms. The summed E-state index contributed by atoms with van der Waals surface area (Å²) in [6, 6.07) is 8.44. The molecule has 1 aromatic carbocycles. The van der Waals surface area contributed by atoms with Crippen molar-refractivity contribution >= 4 is 0 Å². The highest BCUT2D eigenvalue weighted by Gasteiger charge is 2.34. The number of ether oxygens (including phenoxy) is 1. The highest BCUT2D eigenvalue weighted by atomic mass is 16.5.